The average Bonchev–Trinajstić information content (AvgIpc) is 2.80. The van der Waals surface area contributed by atoms with Crippen LogP contribution in [-0.2, 0) is 19.1 Å². The molecule has 11 heteroatoms. The summed E-state index contributed by atoms with van der Waals surface area (Å²) in [4.78, 5) is 58.9. The average molecular weight is 457 g/mol. The van der Waals surface area contributed by atoms with E-state index >= 15 is 0 Å². The molecule has 1 fully saturated rings. The number of amides is 2. The lowest BCUT2D eigenvalue weighted by atomic mass is 9.92. The standard InChI is InChI=1S/C22H24FN5O5/c1-2-33-21(32)12-7-9-28(10-8-12)22-26-18-17(20(31)27-22)15(11-16(29)25-18)19(30)24-14-5-3-13(23)4-6-14/h3-6,12,15H,2,7-11H2,1H3,(H,24,30)(H2,25,26,27,29,31)/t15-/m0/s1. The maximum absolute atomic E-state index is 13.1. The minimum Gasteiger partial charge on any atom is -0.466 e. The van der Waals surface area contributed by atoms with Gasteiger partial charge in [0.15, 0.2) is 0 Å². The van der Waals surface area contributed by atoms with E-state index in [4.69, 9.17) is 4.74 Å². The van der Waals surface area contributed by atoms with Crippen molar-refractivity contribution in [1.82, 2.24) is 9.97 Å². The minimum atomic E-state index is -1.04. The number of aromatic amines is 1. The molecular formula is C22H24FN5O5. The van der Waals surface area contributed by atoms with Crippen LogP contribution in [0.4, 0.5) is 21.8 Å². The maximum Gasteiger partial charge on any atom is 0.309 e. The number of esters is 1. The van der Waals surface area contributed by atoms with E-state index in [0.717, 1.165) is 0 Å². The van der Waals surface area contributed by atoms with Gasteiger partial charge in [-0.25, -0.2) is 4.39 Å². The summed E-state index contributed by atoms with van der Waals surface area (Å²) in [5.74, 6) is -2.62. The molecule has 1 atom stereocenters. The Bertz CT molecular complexity index is 1120. The van der Waals surface area contributed by atoms with Crippen molar-refractivity contribution < 1.29 is 23.5 Å². The quantitative estimate of drug-likeness (QED) is 0.583. The minimum absolute atomic E-state index is 0.0387. The van der Waals surface area contributed by atoms with Crippen LogP contribution >= 0.6 is 0 Å². The lowest BCUT2D eigenvalue weighted by Gasteiger charge is -2.32. The van der Waals surface area contributed by atoms with Gasteiger partial charge in [-0.2, -0.15) is 4.98 Å². The molecule has 2 aliphatic rings. The number of carbonyl (C=O) groups excluding carboxylic acids is 3. The summed E-state index contributed by atoms with van der Waals surface area (Å²) in [6.45, 7) is 3.05. The number of H-pyrrole nitrogens is 1. The molecule has 1 aromatic heterocycles. The molecule has 1 saturated heterocycles. The van der Waals surface area contributed by atoms with Crippen molar-refractivity contribution in [2.75, 3.05) is 35.2 Å². The molecule has 2 aliphatic heterocycles. The van der Waals surface area contributed by atoms with E-state index in [0.29, 0.717) is 38.2 Å². The van der Waals surface area contributed by atoms with E-state index in [-0.39, 0.29) is 35.6 Å². The van der Waals surface area contributed by atoms with Gasteiger partial charge < -0.3 is 20.3 Å². The second-order valence-electron chi connectivity index (χ2n) is 7.97. The zero-order valence-electron chi connectivity index (χ0n) is 18.0. The zero-order valence-corrected chi connectivity index (χ0v) is 18.0. The van der Waals surface area contributed by atoms with Crippen LogP contribution in [0.5, 0.6) is 0 Å². The molecule has 0 saturated carbocycles. The van der Waals surface area contributed by atoms with E-state index in [1.54, 1.807) is 6.92 Å². The number of nitrogens with zero attached hydrogens (tertiary/aromatic N) is 2. The van der Waals surface area contributed by atoms with Crippen LogP contribution in [-0.4, -0.2) is 47.4 Å². The first kappa shape index (κ1) is 22.4. The molecule has 0 radical (unpaired) electrons. The molecule has 1 aromatic carbocycles. The van der Waals surface area contributed by atoms with Gasteiger partial charge >= 0.3 is 5.97 Å². The second kappa shape index (κ2) is 9.39. The predicted octanol–water partition coefficient (Wildman–Crippen LogP) is 1.75. The van der Waals surface area contributed by atoms with Gasteiger partial charge in [-0.1, -0.05) is 0 Å². The third-order valence-corrected chi connectivity index (χ3v) is 5.78. The summed E-state index contributed by atoms with van der Waals surface area (Å²) in [6, 6.07) is 5.18. The van der Waals surface area contributed by atoms with Gasteiger partial charge in [0.25, 0.3) is 5.56 Å². The zero-order chi connectivity index (χ0) is 23.5. The van der Waals surface area contributed by atoms with Gasteiger partial charge in [-0.3, -0.25) is 24.2 Å². The summed E-state index contributed by atoms with van der Waals surface area (Å²) in [5.41, 5.74) is -0.111. The predicted molar refractivity (Wildman–Crippen MR) is 117 cm³/mol. The van der Waals surface area contributed by atoms with Crippen molar-refractivity contribution in [2.45, 2.75) is 32.1 Å². The van der Waals surface area contributed by atoms with Gasteiger partial charge in [-0.05, 0) is 44.0 Å². The van der Waals surface area contributed by atoms with Crippen molar-refractivity contribution in [3.8, 4) is 0 Å². The highest BCUT2D eigenvalue weighted by Gasteiger charge is 2.36. The lowest BCUT2D eigenvalue weighted by Crippen LogP contribution is -2.41. The van der Waals surface area contributed by atoms with Crippen molar-refractivity contribution in [2.24, 2.45) is 5.92 Å². The number of aromatic nitrogens is 2. The highest BCUT2D eigenvalue weighted by molar-refractivity contribution is 6.04. The van der Waals surface area contributed by atoms with Crippen molar-refractivity contribution in [3.63, 3.8) is 0 Å². The van der Waals surface area contributed by atoms with E-state index in [1.165, 1.54) is 24.3 Å². The third-order valence-electron chi connectivity index (χ3n) is 5.78. The molecule has 0 bridgehead atoms. The molecular weight excluding hydrogens is 433 g/mol. The molecule has 2 amide bonds. The largest absolute Gasteiger partial charge is 0.466 e. The van der Waals surface area contributed by atoms with Gasteiger partial charge in [-0.15, -0.1) is 0 Å². The Hall–Kier alpha value is -3.76. The van der Waals surface area contributed by atoms with Crippen molar-refractivity contribution in [1.29, 1.82) is 0 Å². The summed E-state index contributed by atoms with van der Waals surface area (Å²) in [7, 11) is 0. The number of piperidine rings is 1. The second-order valence-corrected chi connectivity index (χ2v) is 7.97. The molecule has 3 heterocycles. The van der Waals surface area contributed by atoms with Crippen LogP contribution in [0.3, 0.4) is 0 Å². The molecule has 3 N–H and O–H groups in total. The first-order valence-electron chi connectivity index (χ1n) is 10.8. The van der Waals surface area contributed by atoms with E-state index < -0.39 is 29.1 Å². The smallest absolute Gasteiger partial charge is 0.309 e. The number of hydrogen-bond donors (Lipinski definition) is 3. The normalized spacial score (nSPS) is 18.3. The van der Waals surface area contributed by atoms with Crippen LogP contribution in [0.1, 0.15) is 37.7 Å². The first-order chi connectivity index (χ1) is 15.9. The number of halogens is 1. The monoisotopic (exact) mass is 457 g/mol. The number of ether oxygens (including phenoxy) is 1. The van der Waals surface area contributed by atoms with Gasteiger partial charge in [0.1, 0.15) is 11.6 Å². The Morgan fingerprint density at radius 1 is 1.21 bits per heavy atom. The summed E-state index contributed by atoms with van der Waals surface area (Å²) < 4.78 is 18.2. The number of carbonyl (C=O) groups is 3. The number of anilines is 3. The Morgan fingerprint density at radius 3 is 2.58 bits per heavy atom. The van der Waals surface area contributed by atoms with Crippen LogP contribution < -0.4 is 21.1 Å². The number of rotatable bonds is 5. The van der Waals surface area contributed by atoms with Gasteiger partial charge in [0.2, 0.25) is 17.8 Å². The van der Waals surface area contributed by atoms with Crippen molar-refractivity contribution >= 4 is 35.2 Å². The number of hydrogen-bond acceptors (Lipinski definition) is 7. The first-order valence-corrected chi connectivity index (χ1v) is 10.8. The SMILES string of the molecule is CCOC(=O)C1CCN(c2nc3c(c(=O)[nH]2)[C@@H](C(=O)Nc2ccc(F)cc2)CC(=O)N3)CC1. The summed E-state index contributed by atoms with van der Waals surface area (Å²) >= 11 is 0. The maximum atomic E-state index is 13.1. The number of fused-ring (bicyclic) bond motifs is 1. The lowest BCUT2D eigenvalue weighted by molar-refractivity contribution is -0.148. The fourth-order valence-corrected chi connectivity index (χ4v) is 4.08. The van der Waals surface area contributed by atoms with Gasteiger partial charge in [0, 0.05) is 25.2 Å². The molecule has 4 rings (SSSR count). The van der Waals surface area contributed by atoms with Crippen LogP contribution in [0, 0.1) is 11.7 Å². The fraction of sp³-hybridized carbons (Fsp3) is 0.409. The van der Waals surface area contributed by atoms with Gasteiger partial charge in [0.05, 0.1) is 24.0 Å². The molecule has 2 aromatic rings. The Morgan fingerprint density at radius 2 is 1.91 bits per heavy atom. The molecule has 174 valence electrons. The molecule has 0 spiro atoms. The summed E-state index contributed by atoms with van der Waals surface area (Å²) in [5, 5.41) is 5.19. The third kappa shape index (κ3) is 4.86. The van der Waals surface area contributed by atoms with Crippen LogP contribution in [0.15, 0.2) is 29.1 Å². The van der Waals surface area contributed by atoms with Crippen molar-refractivity contribution in [3.05, 3.63) is 46.0 Å². The van der Waals surface area contributed by atoms with E-state index in [9.17, 15) is 23.6 Å². The Balaban J connectivity index is 1.53. The number of benzene rings is 1. The van der Waals surface area contributed by atoms with Crippen LogP contribution in [0.25, 0.3) is 0 Å². The molecule has 0 unspecified atom stereocenters. The molecule has 33 heavy (non-hydrogen) atoms. The molecule has 0 aliphatic carbocycles. The van der Waals surface area contributed by atoms with E-state index in [1.807, 2.05) is 4.90 Å². The van der Waals surface area contributed by atoms with Crippen LogP contribution in [0.2, 0.25) is 0 Å². The highest BCUT2D eigenvalue weighted by atomic mass is 19.1. The Kier molecular flexibility index (Phi) is 6.38. The Labute approximate surface area is 188 Å². The topological polar surface area (TPSA) is 133 Å². The highest BCUT2D eigenvalue weighted by Crippen LogP contribution is 2.31. The molecule has 10 nitrogen and oxygen atoms in total. The van der Waals surface area contributed by atoms with E-state index in [2.05, 4.69) is 20.6 Å². The fourth-order valence-electron chi connectivity index (χ4n) is 4.08. The summed E-state index contributed by atoms with van der Waals surface area (Å²) in [6.07, 6.45) is 0.887. The number of nitrogens with one attached hydrogen (secondary N) is 3.